The molecule has 5 nitrogen and oxygen atoms in total. The predicted octanol–water partition coefficient (Wildman–Crippen LogP) is 6.89. The van der Waals surface area contributed by atoms with Crippen LogP contribution in [0.5, 0.6) is 17.2 Å². The number of aromatic hydroxyl groups is 1. The summed E-state index contributed by atoms with van der Waals surface area (Å²) >= 11 is 0. The molecule has 0 amide bonds. The van der Waals surface area contributed by atoms with E-state index in [4.69, 9.17) is 9.29 Å². The Balaban J connectivity index is 1.82. The zero-order valence-corrected chi connectivity index (χ0v) is 18.7. The molecule has 0 radical (unpaired) electrons. The number of hydrogen-bond acceptors (Lipinski definition) is 4. The second kappa shape index (κ2) is 12.6. The Labute approximate surface area is 180 Å². The summed E-state index contributed by atoms with van der Waals surface area (Å²) in [5.74, 6) is 1.21. The lowest BCUT2D eigenvalue weighted by atomic mass is 10.0. The first kappa shape index (κ1) is 24.2. The third-order valence-electron chi connectivity index (χ3n) is 5.24. The van der Waals surface area contributed by atoms with E-state index in [1.54, 1.807) is 18.2 Å². The third-order valence-corrected chi connectivity index (χ3v) is 6.11. The van der Waals surface area contributed by atoms with Crippen LogP contribution in [0.25, 0.3) is 0 Å². The average molecular weight is 435 g/mol. The summed E-state index contributed by atoms with van der Waals surface area (Å²) in [6, 6.07) is 10.7. The Morgan fingerprint density at radius 1 is 0.800 bits per heavy atom. The second-order valence-electron chi connectivity index (χ2n) is 7.73. The van der Waals surface area contributed by atoms with Gasteiger partial charge in [0.15, 0.2) is 0 Å². The van der Waals surface area contributed by atoms with E-state index in [1.807, 2.05) is 0 Å². The normalized spacial score (nSPS) is 11.5. The summed E-state index contributed by atoms with van der Waals surface area (Å²) in [7, 11) is -4.23. The minimum Gasteiger partial charge on any atom is -0.508 e. The number of unbranched alkanes of at least 4 members (excludes halogenated alkanes) is 9. The van der Waals surface area contributed by atoms with Gasteiger partial charge in [-0.05, 0) is 49.2 Å². The number of ether oxygens (including phenoxy) is 1. The highest BCUT2D eigenvalue weighted by Crippen LogP contribution is 2.33. The molecular formula is C24H34O5S. The van der Waals surface area contributed by atoms with Crippen LogP contribution in [0.2, 0.25) is 0 Å². The molecule has 0 aliphatic heterocycles. The van der Waals surface area contributed by atoms with Gasteiger partial charge in [-0.1, -0.05) is 70.8 Å². The molecule has 2 N–H and O–H groups in total. The van der Waals surface area contributed by atoms with Gasteiger partial charge in [-0.25, -0.2) is 0 Å². The molecule has 0 saturated heterocycles. The molecule has 0 spiro atoms. The molecule has 2 aromatic rings. The molecule has 0 atom stereocenters. The standard InChI is InChI=1S/C24H34O5S/c1-2-3-4-5-6-7-8-9-10-11-13-22-23(25)14-12-15-24(22)29-20-16-18-21(19-17-20)30(26,27)28/h12,14-19,25H,2-11,13H2,1H3,(H,26,27,28). The highest BCUT2D eigenvalue weighted by atomic mass is 32.2. The van der Waals surface area contributed by atoms with E-state index in [0.717, 1.165) is 24.8 Å². The lowest BCUT2D eigenvalue weighted by Crippen LogP contribution is -1.98. The van der Waals surface area contributed by atoms with Crippen LogP contribution in [0.1, 0.15) is 76.7 Å². The summed E-state index contributed by atoms with van der Waals surface area (Å²) < 4.78 is 37.2. The lowest BCUT2D eigenvalue weighted by molar-refractivity contribution is 0.440. The van der Waals surface area contributed by atoms with E-state index < -0.39 is 10.1 Å². The van der Waals surface area contributed by atoms with Crippen molar-refractivity contribution in [2.75, 3.05) is 0 Å². The Morgan fingerprint density at radius 3 is 1.93 bits per heavy atom. The Kier molecular flexibility index (Phi) is 10.2. The fourth-order valence-corrected chi connectivity index (χ4v) is 3.98. The Hall–Kier alpha value is -2.05. The summed E-state index contributed by atoms with van der Waals surface area (Å²) in [6.07, 6.45) is 13.2. The van der Waals surface area contributed by atoms with Crippen molar-refractivity contribution in [1.29, 1.82) is 0 Å². The number of rotatable bonds is 14. The molecule has 166 valence electrons. The zero-order chi connectivity index (χ0) is 21.8. The fourth-order valence-electron chi connectivity index (χ4n) is 3.50. The fraction of sp³-hybridized carbons (Fsp3) is 0.500. The van der Waals surface area contributed by atoms with Crippen LogP contribution in [-0.4, -0.2) is 18.1 Å². The molecule has 0 bridgehead atoms. The van der Waals surface area contributed by atoms with Crippen molar-refractivity contribution in [3.8, 4) is 17.2 Å². The van der Waals surface area contributed by atoms with Crippen molar-refractivity contribution < 1.29 is 22.8 Å². The highest BCUT2D eigenvalue weighted by molar-refractivity contribution is 7.85. The second-order valence-corrected chi connectivity index (χ2v) is 9.16. The molecular weight excluding hydrogens is 400 g/mol. The Morgan fingerprint density at radius 2 is 1.37 bits per heavy atom. The van der Waals surface area contributed by atoms with E-state index in [1.165, 1.54) is 75.6 Å². The van der Waals surface area contributed by atoms with Gasteiger partial charge in [0, 0.05) is 5.56 Å². The maximum Gasteiger partial charge on any atom is 0.294 e. The van der Waals surface area contributed by atoms with Crippen LogP contribution in [0.4, 0.5) is 0 Å². The maximum atomic E-state index is 11.2. The Bertz CT molecular complexity index is 860. The van der Waals surface area contributed by atoms with Gasteiger partial charge in [0.1, 0.15) is 17.2 Å². The van der Waals surface area contributed by atoms with E-state index in [2.05, 4.69) is 6.92 Å². The van der Waals surface area contributed by atoms with Crippen molar-refractivity contribution >= 4 is 10.1 Å². The molecule has 0 fully saturated rings. The highest BCUT2D eigenvalue weighted by Gasteiger charge is 2.12. The van der Waals surface area contributed by atoms with Crippen molar-refractivity contribution in [3.63, 3.8) is 0 Å². The van der Waals surface area contributed by atoms with Gasteiger partial charge in [0.05, 0.1) is 4.90 Å². The molecule has 0 heterocycles. The van der Waals surface area contributed by atoms with E-state index >= 15 is 0 Å². The largest absolute Gasteiger partial charge is 0.508 e. The predicted molar refractivity (Wildman–Crippen MR) is 120 cm³/mol. The van der Waals surface area contributed by atoms with Crippen molar-refractivity contribution in [2.24, 2.45) is 0 Å². The summed E-state index contributed by atoms with van der Waals surface area (Å²) in [5, 5.41) is 10.3. The SMILES string of the molecule is CCCCCCCCCCCCc1c(O)cccc1Oc1ccc(S(=O)(=O)O)cc1. The minimum atomic E-state index is -4.23. The monoisotopic (exact) mass is 434 g/mol. The van der Waals surface area contributed by atoms with Crippen LogP contribution in [0.15, 0.2) is 47.4 Å². The molecule has 2 rings (SSSR count). The summed E-state index contributed by atoms with van der Waals surface area (Å²) in [6.45, 7) is 2.24. The van der Waals surface area contributed by atoms with Gasteiger partial charge in [-0.15, -0.1) is 0 Å². The van der Waals surface area contributed by atoms with Crippen LogP contribution in [0.3, 0.4) is 0 Å². The molecule has 30 heavy (non-hydrogen) atoms. The lowest BCUT2D eigenvalue weighted by Gasteiger charge is -2.13. The smallest absolute Gasteiger partial charge is 0.294 e. The number of hydrogen-bond donors (Lipinski definition) is 2. The summed E-state index contributed by atoms with van der Waals surface area (Å²) in [4.78, 5) is -0.184. The van der Waals surface area contributed by atoms with Gasteiger partial charge in [0.2, 0.25) is 0 Å². The van der Waals surface area contributed by atoms with Crippen molar-refractivity contribution in [3.05, 3.63) is 48.0 Å². The van der Waals surface area contributed by atoms with Gasteiger partial charge >= 0.3 is 0 Å². The quantitative estimate of drug-likeness (QED) is 0.250. The van der Waals surface area contributed by atoms with Crippen LogP contribution >= 0.6 is 0 Å². The summed E-state index contributed by atoms with van der Waals surface area (Å²) in [5.41, 5.74) is 0.760. The number of phenols is 1. The van der Waals surface area contributed by atoms with Gasteiger partial charge in [-0.3, -0.25) is 4.55 Å². The van der Waals surface area contributed by atoms with Gasteiger partial charge in [-0.2, -0.15) is 8.42 Å². The zero-order valence-electron chi connectivity index (χ0n) is 17.8. The molecule has 0 aliphatic carbocycles. The molecule has 0 unspecified atom stereocenters. The van der Waals surface area contributed by atoms with E-state index in [9.17, 15) is 13.5 Å². The van der Waals surface area contributed by atoms with Crippen LogP contribution in [0, 0.1) is 0 Å². The number of phenolic OH excluding ortho intramolecular Hbond substituents is 1. The minimum absolute atomic E-state index is 0.184. The first-order valence-corrected chi connectivity index (χ1v) is 12.4. The van der Waals surface area contributed by atoms with E-state index in [0.29, 0.717) is 11.5 Å². The molecule has 0 aliphatic rings. The van der Waals surface area contributed by atoms with Crippen molar-refractivity contribution in [2.45, 2.75) is 82.4 Å². The van der Waals surface area contributed by atoms with Gasteiger partial charge in [0.25, 0.3) is 10.1 Å². The van der Waals surface area contributed by atoms with E-state index in [-0.39, 0.29) is 10.6 Å². The topological polar surface area (TPSA) is 83.8 Å². The first-order valence-electron chi connectivity index (χ1n) is 11.0. The van der Waals surface area contributed by atoms with Crippen molar-refractivity contribution in [1.82, 2.24) is 0 Å². The average Bonchev–Trinajstić information content (AvgIpc) is 2.71. The van der Waals surface area contributed by atoms with Crippen LogP contribution in [-0.2, 0) is 16.5 Å². The molecule has 2 aromatic carbocycles. The third kappa shape index (κ3) is 8.36. The number of benzene rings is 2. The maximum absolute atomic E-state index is 11.2. The van der Waals surface area contributed by atoms with Crippen LogP contribution < -0.4 is 4.74 Å². The van der Waals surface area contributed by atoms with Gasteiger partial charge < -0.3 is 9.84 Å². The molecule has 0 aromatic heterocycles. The first-order chi connectivity index (χ1) is 14.4. The molecule has 0 saturated carbocycles. The molecule has 6 heteroatoms.